The first kappa shape index (κ1) is 16.7. The summed E-state index contributed by atoms with van der Waals surface area (Å²) in [5, 5.41) is 3.06. The molecular formula is C18H24N2O2S2. The molecule has 2 fully saturated rings. The third kappa shape index (κ3) is 3.73. The number of rotatable bonds is 6. The molecule has 0 spiro atoms. The number of hydrogen-bond donors (Lipinski definition) is 0. The molecule has 1 saturated carbocycles. The van der Waals surface area contributed by atoms with Crippen molar-refractivity contribution in [3.05, 3.63) is 38.5 Å². The average molecular weight is 365 g/mol. The topological polar surface area (TPSA) is 34.6 Å². The van der Waals surface area contributed by atoms with Crippen LogP contribution in [0.2, 0.25) is 0 Å². The maximum atomic E-state index is 6.14. The Bertz CT molecular complexity index is 643. The second-order valence-electron chi connectivity index (χ2n) is 6.66. The van der Waals surface area contributed by atoms with Gasteiger partial charge in [0.05, 0.1) is 25.9 Å². The lowest BCUT2D eigenvalue weighted by atomic mass is 10.0. The molecule has 4 rings (SSSR count). The Labute approximate surface area is 151 Å². The maximum absolute atomic E-state index is 6.14. The Kier molecular flexibility index (Phi) is 5.29. The van der Waals surface area contributed by atoms with E-state index in [1.807, 2.05) is 22.9 Å². The lowest BCUT2D eigenvalue weighted by Crippen LogP contribution is -2.50. The van der Waals surface area contributed by atoms with Gasteiger partial charge in [-0.15, -0.1) is 22.7 Å². The Balaban J connectivity index is 1.32. The molecule has 0 amide bonds. The molecule has 0 unspecified atom stereocenters. The minimum Gasteiger partial charge on any atom is -0.375 e. The number of ether oxygens (including phenoxy) is 2. The highest BCUT2D eigenvalue weighted by Gasteiger charge is 2.42. The quantitative estimate of drug-likeness (QED) is 0.783. The van der Waals surface area contributed by atoms with Gasteiger partial charge in [-0.2, -0.15) is 0 Å². The van der Waals surface area contributed by atoms with Crippen LogP contribution in [-0.4, -0.2) is 41.8 Å². The van der Waals surface area contributed by atoms with Crippen LogP contribution in [-0.2, 0) is 22.6 Å². The molecule has 3 atom stereocenters. The van der Waals surface area contributed by atoms with Crippen molar-refractivity contribution in [2.24, 2.45) is 5.92 Å². The molecule has 0 N–H and O–H groups in total. The van der Waals surface area contributed by atoms with Crippen LogP contribution in [0, 0.1) is 12.8 Å². The number of morpholine rings is 1. The van der Waals surface area contributed by atoms with Crippen molar-refractivity contribution in [1.29, 1.82) is 0 Å². The van der Waals surface area contributed by atoms with Crippen molar-refractivity contribution in [2.45, 2.75) is 45.1 Å². The number of thiazole rings is 1. The van der Waals surface area contributed by atoms with Gasteiger partial charge in [0.1, 0.15) is 5.01 Å². The first-order chi connectivity index (χ1) is 11.8. The molecule has 1 aliphatic heterocycles. The summed E-state index contributed by atoms with van der Waals surface area (Å²) in [6.07, 6.45) is 4.59. The lowest BCUT2D eigenvalue weighted by Gasteiger charge is -2.39. The van der Waals surface area contributed by atoms with Crippen LogP contribution < -0.4 is 0 Å². The van der Waals surface area contributed by atoms with Gasteiger partial charge in [-0.1, -0.05) is 0 Å². The Morgan fingerprint density at radius 2 is 2.33 bits per heavy atom. The standard InChI is InChI=1S/C18H24N2O2S2/c1-13-2-4-15(24-13)10-20-7-8-22-18-14(3-5-16(18)20)11-21-12-17-19-6-9-23-17/h2,4,6,9,14,16,18H,3,5,7-8,10-12H2,1H3/t14-,16+,18+/m0/s1. The predicted octanol–water partition coefficient (Wildman–Crippen LogP) is 3.71. The third-order valence-electron chi connectivity index (χ3n) is 5.03. The van der Waals surface area contributed by atoms with Crippen molar-refractivity contribution < 1.29 is 9.47 Å². The van der Waals surface area contributed by atoms with Crippen LogP contribution in [0.15, 0.2) is 23.7 Å². The van der Waals surface area contributed by atoms with Crippen LogP contribution in [0.25, 0.3) is 0 Å². The Hall–Kier alpha value is -0.790. The SMILES string of the molecule is Cc1ccc(CN2CCO[C@@H]3[C@H](COCc4nccs4)CC[C@H]32)s1. The van der Waals surface area contributed by atoms with E-state index in [2.05, 4.69) is 28.9 Å². The van der Waals surface area contributed by atoms with E-state index in [0.717, 1.165) is 31.3 Å². The van der Waals surface area contributed by atoms with Gasteiger partial charge in [0, 0.05) is 46.4 Å². The molecule has 4 nitrogen and oxygen atoms in total. The van der Waals surface area contributed by atoms with E-state index in [-0.39, 0.29) is 0 Å². The molecule has 0 aromatic carbocycles. The number of aryl methyl sites for hydroxylation is 1. The fourth-order valence-corrected chi connectivity index (χ4v) is 5.37. The summed E-state index contributed by atoms with van der Waals surface area (Å²) in [4.78, 5) is 9.77. The highest BCUT2D eigenvalue weighted by atomic mass is 32.1. The average Bonchev–Trinajstić information content (AvgIpc) is 3.30. The third-order valence-corrected chi connectivity index (χ3v) is 6.77. The van der Waals surface area contributed by atoms with Crippen LogP contribution in [0.1, 0.15) is 27.6 Å². The van der Waals surface area contributed by atoms with Crippen LogP contribution in [0.5, 0.6) is 0 Å². The van der Waals surface area contributed by atoms with Gasteiger partial charge in [0.2, 0.25) is 0 Å². The van der Waals surface area contributed by atoms with Crippen molar-refractivity contribution in [3.8, 4) is 0 Å². The molecule has 2 aromatic heterocycles. The molecule has 2 aromatic rings. The second-order valence-corrected chi connectivity index (χ2v) is 9.02. The Morgan fingerprint density at radius 1 is 1.38 bits per heavy atom. The van der Waals surface area contributed by atoms with Crippen LogP contribution >= 0.6 is 22.7 Å². The fourth-order valence-electron chi connectivity index (χ4n) is 3.90. The minimum absolute atomic E-state index is 0.330. The van der Waals surface area contributed by atoms with Crippen molar-refractivity contribution >= 4 is 22.7 Å². The molecule has 3 heterocycles. The van der Waals surface area contributed by atoms with E-state index in [0.29, 0.717) is 24.7 Å². The summed E-state index contributed by atoms with van der Waals surface area (Å²) in [5.74, 6) is 0.517. The minimum atomic E-state index is 0.330. The van der Waals surface area contributed by atoms with Gasteiger partial charge in [0.15, 0.2) is 0 Å². The van der Waals surface area contributed by atoms with E-state index in [9.17, 15) is 0 Å². The molecule has 2 aliphatic rings. The van der Waals surface area contributed by atoms with Gasteiger partial charge >= 0.3 is 0 Å². The van der Waals surface area contributed by atoms with E-state index in [4.69, 9.17) is 9.47 Å². The predicted molar refractivity (Wildman–Crippen MR) is 97.5 cm³/mol. The van der Waals surface area contributed by atoms with Gasteiger partial charge in [-0.05, 0) is 31.9 Å². The highest BCUT2D eigenvalue weighted by Crippen LogP contribution is 2.36. The molecule has 24 heavy (non-hydrogen) atoms. The largest absolute Gasteiger partial charge is 0.375 e. The molecule has 0 radical (unpaired) electrons. The zero-order valence-corrected chi connectivity index (χ0v) is 15.7. The summed E-state index contributed by atoms with van der Waals surface area (Å²) in [7, 11) is 0. The second kappa shape index (κ2) is 7.62. The summed E-state index contributed by atoms with van der Waals surface area (Å²) < 4.78 is 12.1. The van der Waals surface area contributed by atoms with Gasteiger partial charge < -0.3 is 9.47 Å². The van der Waals surface area contributed by atoms with E-state index in [1.165, 1.54) is 22.6 Å². The number of aromatic nitrogens is 1. The summed E-state index contributed by atoms with van der Waals surface area (Å²) >= 11 is 3.57. The number of nitrogens with zero attached hydrogens (tertiary/aromatic N) is 2. The number of fused-ring (bicyclic) bond motifs is 1. The zero-order chi connectivity index (χ0) is 16.4. The monoisotopic (exact) mass is 364 g/mol. The van der Waals surface area contributed by atoms with E-state index >= 15 is 0 Å². The first-order valence-corrected chi connectivity index (χ1v) is 10.4. The summed E-state index contributed by atoms with van der Waals surface area (Å²) in [6, 6.07) is 5.05. The molecule has 0 bridgehead atoms. The molecule has 130 valence electrons. The summed E-state index contributed by atoms with van der Waals surface area (Å²) in [6.45, 7) is 6.55. The van der Waals surface area contributed by atoms with Crippen LogP contribution in [0.4, 0.5) is 0 Å². The smallest absolute Gasteiger partial charge is 0.118 e. The fraction of sp³-hybridized carbons (Fsp3) is 0.611. The maximum Gasteiger partial charge on any atom is 0.118 e. The van der Waals surface area contributed by atoms with Crippen molar-refractivity contribution in [2.75, 3.05) is 19.8 Å². The highest BCUT2D eigenvalue weighted by molar-refractivity contribution is 7.11. The molecule has 1 aliphatic carbocycles. The normalized spacial score (nSPS) is 27.5. The van der Waals surface area contributed by atoms with E-state index < -0.39 is 0 Å². The molecule has 1 saturated heterocycles. The lowest BCUT2D eigenvalue weighted by molar-refractivity contribution is -0.0889. The molecule has 6 heteroatoms. The Morgan fingerprint density at radius 3 is 3.12 bits per heavy atom. The zero-order valence-electron chi connectivity index (χ0n) is 14.0. The summed E-state index contributed by atoms with van der Waals surface area (Å²) in [5.41, 5.74) is 0. The van der Waals surface area contributed by atoms with Gasteiger partial charge in [-0.3, -0.25) is 4.90 Å². The van der Waals surface area contributed by atoms with Gasteiger partial charge in [0.25, 0.3) is 0 Å². The van der Waals surface area contributed by atoms with Crippen molar-refractivity contribution in [1.82, 2.24) is 9.88 Å². The van der Waals surface area contributed by atoms with Crippen LogP contribution in [0.3, 0.4) is 0 Å². The van der Waals surface area contributed by atoms with E-state index in [1.54, 1.807) is 11.3 Å². The first-order valence-electron chi connectivity index (χ1n) is 8.66. The molecular weight excluding hydrogens is 340 g/mol. The number of hydrogen-bond acceptors (Lipinski definition) is 6. The van der Waals surface area contributed by atoms with Gasteiger partial charge in [-0.25, -0.2) is 4.98 Å². The number of thiophene rings is 1. The van der Waals surface area contributed by atoms with Crippen molar-refractivity contribution in [3.63, 3.8) is 0 Å².